The summed E-state index contributed by atoms with van der Waals surface area (Å²) in [6, 6.07) is 5.15. The molecule has 0 aliphatic carbocycles. The second kappa shape index (κ2) is 7.37. The third-order valence-corrected chi connectivity index (χ3v) is 6.43. The first kappa shape index (κ1) is 20.0. The third-order valence-electron chi connectivity index (χ3n) is 4.57. The fourth-order valence-corrected chi connectivity index (χ4v) is 5.34. The first-order valence-electron chi connectivity index (χ1n) is 8.91. The van der Waals surface area contributed by atoms with Gasteiger partial charge in [-0.05, 0) is 51.8 Å². The summed E-state index contributed by atoms with van der Waals surface area (Å²) < 4.78 is 43.4. The number of hydrogen-bond donors (Lipinski definition) is 2. The number of nitrogens with zero attached hydrogens (tertiary/aromatic N) is 2. The molecule has 3 rings (SSSR count). The standard InChI is InChI=1S/C19H21FN4O3S/c1-11(2)23-28(26,27)18-12(3)17(24-8-4-5-16(18)24)19(25)22-14-6-7-15(20)13(9-14)10-21/h6-7,9,11,23H,4-5,8H2,1-3H3,(H,22,25). The minimum absolute atomic E-state index is 0.153. The summed E-state index contributed by atoms with van der Waals surface area (Å²) in [7, 11) is -3.76. The van der Waals surface area contributed by atoms with Crippen molar-refractivity contribution in [2.24, 2.45) is 0 Å². The van der Waals surface area contributed by atoms with Crippen LogP contribution in [-0.4, -0.2) is 24.9 Å². The van der Waals surface area contributed by atoms with Crippen LogP contribution in [0.25, 0.3) is 0 Å². The molecule has 7 nitrogen and oxygen atoms in total. The number of nitrogens with one attached hydrogen (secondary N) is 2. The van der Waals surface area contributed by atoms with Crippen molar-refractivity contribution < 1.29 is 17.6 Å². The largest absolute Gasteiger partial charge is 0.339 e. The van der Waals surface area contributed by atoms with Crippen LogP contribution in [0.5, 0.6) is 0 Å². The van der Waals surface area contributed by atoms with E-state index in [4.69, 9.17) is 5.26 Å². The summed E-state index contributed by atoms with van der Waals surface area (Å²) in [5, 5.41) is 11.6. The maximum Gasteiger partial charge on any atom is 0.272 e. The van der Waals surface area contributed by atoms with Gasteiger partial charge in [0.05, 0.1) is 5.56 Å². The van der Waals surface area contributed by atoms with Crippen molar-refractivity contribution in [2.45, 2.75) is 51.1 Å². The Labute approximate surface area is 163 Å². The number of benzene rings is 1. The topological polar surface area (TPSA) is 104 Å². The van der Waals surface area contributed by atoms with Crippen molar-refractivity contribution >= 4 is 21.6 Å². The Bertz CT molecular complexity index is 1100. The van der Waals surface area contributed by atoms with E-state index in [0.29, 0.717) is 24.2 Å². The highest BCUT2D eigenvalue weighted by Gasteiger charge is 2.34. The zero-order valence-corrected chi connectivity index (χ0v) is 16.7. The van der Waals surface area contributed by atoms with Crippen molar-refractivity contribution in [3.8, 4) is 6.07 Å². The lowest BCUT2D eigenvalue weighted by Crippen LogP contribution is -2.31. The maximum absolute atomic E-state index is 13.5. The van der Waals surface area contributed by atoms with Crippen LogP contribution in [-0.2, 0) is 23.0 Å². The number of nitriles is 1. The van der Waals surface area contributed by atoms with Crippen molar-refractivity contribution in [2.75, 3.05) is 5.32 Å². The van der Waals surface area contributed by atoms with Crippen LogP contribution in [0.4, 0.5) is 10.1 Å². The van der Waals surface area contributed by atoms with Gasteiger partial charge in [0.25, 0.3) is 5.91 Å². The number of carbonyl (C=O) groups excluding carboxylic acids is 1. The van der Waals surface area contributed by atoms with Gasteiger partial charge in [-0.25, -0.2) is 17.5 Å². The first-order valence-corrected chi connectivity index (χ1v) is 10.4. The smallest absolute Gasteiger partial charge is 0.272 e. The molecule has 2 heterocycles. The van der Waals surface area contributed by atoms with Crippen LogP contribution < -0.4 is 10.0 Å². The summed E-state index contributed by atoms with van der Waals surface area (Å²) >= 11 is 0. The lowest BCUT2D eigenvalue weighted by molar-refractivity contribution is 0.101. The maximum atomic E-state index is 13.5. The van der Waals surface area contributed by atoms with Gasteiger partial charge in [0.2, 0.25) is 10.0 Å². The SMILES string of the molecule is Cc1c(S(=O)(=O)NC(C)C)c2n(c1C(=O)Nc1ccc(F)c(C#N)c1)CCC2. The zero-order valence-electron chi connectivity index (χ0n) is 15.8. The van der Waals surface area contributed by atoms with E-state index in [2.05, 4.69) is 10.0 Å². The fourth-order valence-electron chi connectivity index (χ4n) is 3.58. The molecule has 0 saturated heterocycles. The van der Waals surface area contributed by atoms with Crippen LogP contribution in [0.2, 0.25) is 0 Å². The predicted molar refractivity (Wildman–Crippen MR) is 102 cm³/mol. The van der Waals surface area contributed by atoms with Crippen LogP contribution in [0.3, 0.4) is 0 Å². The second-order valence-electron chi connectivity index (χ2n) is 7.04. The van der Waals surface area contributed by atoms with Crippen molar-refractivity contribution in [3.63, 3.8) is 0 Å². The minimum atomic E-state index is -3.76. The Hall–Kier alpha value is -2.70. The molecule has 0 fully saturated rings. The molecule has 148 valence electrons. The molecule has 2 aromatic rings. The Kier molecular flexibility index (Phi) is 5.28. The number of amides is 1. The fraction of sp³-hybridized carbons (Fsp3) is 0.368. The average molecular weight is 404 g/mol. The summed E-state index contributed by atoms with van der Waals surface area (Å²) in [4.78, 5) is 13.1. The van der Waals surface area contributed by atoms with Crippen LogP contribution in [0.1, 0.15) is 47.6 Å². The van der Waals surface area contributed by atoms with E-state index in [1.165, 1.54) is 12.1 Å². The minimum Gasteiger partial charge on any atom is -0.339 e. The van der Waals surface area contributed by atoms with Gasteiger partial charge in [-0.1, -0.05) is 0 Å². The quantitative estimate of drug-likeness (QED) is 0.799. The van der Waals surface area contributed by atoms with Gasteiger partial charge in [-0.15, -0.1) is 0 Å². The Morgan fingerprint density at radius 2 is 2.07 bits per heavy atom. The lowest BCUT2D eigenvalue weighted by Gasteiger charge is -2.11. The first-order chi connectivity index (χ1) is 13.2. The number of carbonyl (C=O) groups is 1. The van der Waals surface area contributed by atoms with Gasteiger partial charge in [0.1, 0.15) is 22.5 Å². The van der Waals surface area contributed by atoms with E-state index in [0.717, 1.165) is 12.5 Å². The highest BCUT2D eigenvalue weighted by molar-refractivity contribution is 7.89. The summed E-state index contributed by atoms with van der Waals surface area (Å²) in [5.74, 6) is -1.17. The van der Waals surface area contributed by atoms with Crippen molar-refractivity contribution in [1.82, 2.24) is 9.29 Å². The van der Waals surface area contributed by atoms with E-state index in [1.54, 1.807) is 31.4 Å². The van der Waals surface area contributed by atoms with Crippen LogP contribution in [0, 0.1) is 24.1 Å². The van der Waals surface area contributed by atoms with Gasteiger partial charge in [-0.2, -0.15) is 5.26 Å². The van der Waals surface area contributed by atoms with Crippen molar-refractivity contribution in [1.29, 1.82) is 5.26 Å². The summed E-state index contributed by atoms with van der Waals surface area (Å²) in [6.45, 7) is 5.62. The molecule has 1 amide bonds. The molecular formula is C19H21FN4O3S. The molecule has 0 saturated carbocycles. The van der Waals surface area contributed by atoms with E-state index in [1.807, 2.05) is 0 Å². The molecule has 28 heavy (non-hydrogen) atoms. The molecule has 0 bridgehead atoms. The van der Waals surface area contributed by atoms with E-state index in [-0.39, 0.29) is 27.9 Å². The zero-order chi connectivity index (χ0) is 20.6. The average Bonchev–Trinajstić information content (AvgIpc) is 3.14. The van der Waals surface area contributed by atoms with E-state index in [9.17, 15) is 17.6 Å². The second-order valence-corrected chi connectivity index (χ2v) is 8.69. The molecule has 0 atom stereocenters. The highest BCUT2D eigenvalue weighted by atomic mass is 32.2. The van der Waals surface area contributed by atoms with Gasteiger partial charge in [-0.3, -0.25) is 4.79 Å². The van der Waals surface area contributed by atoms with Gasteiger partial charge in [0, 0.05) is 29.5 Å². The van der Waals surface area contributed by atoms with Gasteiger partial charge >= 0.3 is 0 Å². The van der Waals surface area contributed by atoms with Crippen molar-refractivity contribution in [3.05, 3.63) is 46.5 Å². The number of fused-ring (bicyclic) bond motifs is 1. The normalized spacial score (nSPS) is 13.4. The molecular weight excluding hydrogens is 383 g/mol. The number of sulfonamides is 1. The molecule has 1 aliphatic rings. The van der Waals surface area contributed by atoms with E-state index < -0.39 is 21.7 Å². The van der Waals surface area contributed by atoms with E-state index >= 15 is 0 Å². The molecule has 0 unspecified atom stereocenters. The Morgan fingerprint density at radius 3 is 2.71 bits per heavy atom. The number of anilines is 1. The number of halogens is 1. The Morgan fingerprint density at radius 1 is 1.36 bits per heavy atom. The van der Waals surface area contributed by atoms with Crippen LogP contribution >= 0.6 is 0 Å². The van der Waals surface area contributed by atoms with Gasteiger partial charge < -0.3 is 9.88 Å². The monoisotopic (exact) mass is 404 g/mol. The van der Waals surface area contributed by atoms with Crippen LogP contribution in [0.15, 0.2) is 23.1 Å². The Balaban J connectivity index is 2.03. The summed E-state index contributed by atoms with van der Waals surface area (Å²) in [5.41, 5.74) is 1.34. The summed E-state index contributed by atoms with van der Waals surface area (Å²) in [6.07, 6.45) is 1.31. The molecule has 9 heteroatoms. The number of aromatic nitrogens is 1. The molecule has 2 N–H and O–H groups in total. The number of hydrogen-bond acceptors (Lipinski definition) is 4. The lowest BCUT2D eigenvalue weighted by atomic mass is 10.2. The number of rotatable bonds is 5. The molecule has 1 aromatic carbocycles. The highest BCUT2D eigenvalue weighted by Crippen LogP contribution is 2.33. The predicted octanol–water partition coefficient (Wildman–Crippen LogP) is 2.69. The van der Waals surface area contributed by atoms with Gasteiger partial charge in [0.15, 0.2) is 0 Å². The molecule has 1 aliphatic heterocycles. The third kappa shape index (κ3) is 3.53. The molecule has 0 spiro atoms. The molecule has 0 radical (unpaired) electrons. The molecule has 1 aromatic heterocycles.